The van der Waals surface area contributed by atoms with Crippen molar-refractivity contribution in [2.75, 3.05) is 6.67 Å². The fourth-order valence-electron chi connectivity index (χ4n) is 0.728. The smallest absolute Gasteiger partial charge is 0.150 e. The lowest BCUT2D eigenvalue weighted by Crippen LogP contribution is -2.24. The number of nitrogens with two attached hydrogens (primary N) is 1. The molecule has 0 aromatic carbocycles. The Balaban J connectivity index is 2.84. The van der Waals surface area contributed by atoms with Crippen molar-refractivity contribution in [1.82, 2.24) is 4.90 Å². The molecule has 0 spiro atoms. The lowest BCUT2D eigenvalue weighted by atomic mass is 10.3. The Bertz CT molecular complexity index is 224. The lowest BCUT2D eigenvalue weighted by Gasteiger charge is -2.17. The number of carbonyl (C=O) groups excluding carboxylic acids is 1. The van der Waals surface area contributed by atoms with Crippen LogP contribution in [0.5, 0.6) is 0 Å². The second-order valence-electron chi connectivity index (χ2n) is 1.84. The van der Waals surface area contributed by atoms with Crippen molar-refractivity contribution in [2.45, 2.75) is 0 Å². The van der Waals surface area contributed by atoms with Gasteiger partial charge in [0.05, 0.1) is 6.67 Å². The van der Waals surface area contributed by atoms with Gasteiger partial charge in [-0.3, -0.25) is 0 Å². The van der Waals surface area contributed by atoms with Gasteiger partial charge in [0, 0.05) is 6.20 Å². The fraction of sp³-hybridized carbons (Fsp3) is 0.143. The van der Waals surface area contributed by atoms with Crippen LogP contribution in [0.1, 0.15) is 0 Å². The van der Waals surface area contributed by atoms with Crippen LogP contribution in [0, 0.1) is 0 Å². The van der Waals surface area contributed by atoms with Crippen LogP contribution in [0.3, 0.4) is 0 Å². The number of hydrogen-bond acceptors (Lipinski definition) is 3. The molecule has 0 unspecified atom stereocenters. The van der Waals surface area contributed by atoms with Crippen LogP contribution in [-0.4, -0.2) is 17.5 Å². The van der Waals surface area contributed by atoms with Gasteiger partial charge in [0.1, 0.15) is 5.70 Å². The molecule has 0 saturated carbocycles. The van der Waals surface area contributed by atoms with Gasteiger partial charge in [0.25, 0.3) is 0 Å². The maximum atomic E-state index is 10.2. The van der Waals surface area contributed by atoms with Crippen LogP contribution in [0.15, 0.2) is 30.1 Å². The van der Waals surface area contributed by atoms with E-state index in [1.54, 1.807) is 29.2 Å². The summed E-state index contributed by atoms with van der Waals surface area (Å²) in [6.07, 6.45) is 6.99. The fourth-order valence-corrected chi connectivity index (χ4v) is 0.728. The molecule has 0 radical (unpaired) electrons. The molecule has 1 heterocycles. The van der Waals surface area contributed by atoms with Crippen molar-refractivity contribution in [1.29, 1.82) is 0 Å². The molecule has 2 N–H and O–H groups in total. The van der Waals surface area contributed by atoms with E-state index >= 15 is 0 Å². The zero-order valence-electron chi connectivity index (χ0n) is 5.45. The van der Waals surface area contributed by atoms with E-state index in [2.05, 4.69) is 0 Å². The van der Waals surface area contributed by atoms with Crippen molar-refractivity contribution < 1.29 is 4.79 Å². The van der Waals surface area contributed by atoms with Crippen molar-refractivity contribution in [2.24, 2.45) is 5.73 Å². The van der Waals surface area contributed by atoms with Gasteiger partial charge in [-0.05, 0) is 12.2 Å². The summed E-state index contributed by atoms with van der Waals surface area (Å²) in [6.45, 7) is 0.311. The molecule has 0 bridgehead atoms. The molecular formula is C7H8N2O. The third kappa shape index (κ3) is 1.16. The summed E-state index contributed by atoms with van der Waals surface area (Å²) in [5.41, 5.74) is 5.79. The van der Waals surface area contributed by atoms with Gasteiger partial charge in [-0.15, -0.1) is 0 Å². The van der Waals surface area contributed by atoms with Gasteiger partial charge in [-0.2, -0.15) is 0 Å². The highest BCUT2D eigenvalue weighted by atomic mass is 16.1. The molecule has 0 saturated heterocycles. The minimum Gasteiger partial charge on any atom is -0.326 e. The third-order valence-electron chi connectivity index (χ3n) is 1.24. The molecule has 0 atom stereocenters. The summed E-state index contributed by atoms with van der Waals surface area (Å²) < 4.78 is 0. The molecule has 1 rings (SSSR count). The molecule has 52 valence electrons. The Labute approximate surface area is 59.1 Å². The van der Waals surface area contributed by atoms with Crippen LogP contribution in [-0.2, 0) is 4.79 Å². The molecule has 1 aliphatic heterocycles. The van der Waals surface area contributed by atoms with Crippen LogP contribution in [0.2, 0.25) is 0 Å². The van der Waals surface area contributed by atoms with Crippen molar-refractivity contribution in [3.8, 4) is 0 Å². The molecule has 0 aromatic heterocycles. The van der Waals surface area contributed by atoms with Gasteiger partial charge in [-0.1, -0.05) is 6.08 Å². The molecule has 0 amide bonds. The van der Waals surface area contributed by atoms with Crippen molar-refractivity contribution >= 4 is 5.94 Å². The van der Waals surface area contributed by atoms with E-state index in [4.69, 9.17) is 5.73 Å². The van der Waals surface area contributed by atoms with E-state index in [0.717, 1.165) is 0 Å². The predicted octanol–water partition coefficient (Wildman–Crippen LogP) is 0.00360. The van der Waals surface area contributed by atoms with Gasteiger partial charge < -0.3 is 10.6 Å². The first kappa shape index (κ1) is 6.81. The highest BCUT2D eigenvalue weighted by Crippen LogP contribution is 2.05. The van der Waals surface area contributed by atoms with E-state index in [1.165, 1.54) is 0 Å². The second kappa shape index (κ2) is 3.01. The van der Waals surface area contributed by atoms with Crippen LogP contribution >= 0.6 is 0 Å². The largest absolute Gasteiger partial charge is 0.326 e. The van der Waals surface area contributed by atoms with Crippen LogP contribution in [0.4, 0.5) is 0 Å². The van der Waals surface area contributed by atoms with Gasteiger partial charge in [-0.25, -0.2) is 4.79 Å². The van der Waals surface area contributed by atoms with E-state index in [1.807, 2.05) is 6.08 Å². The minimum absolute atomic E-state index is 0.311. The van der Waals surface area contributed by atoms with Crippen LogP contribution in [0.25, 0.3) is 0 Å². The summed E-state index contributed by atoms with van der Waals surface area (Å²) in [7, 11) is 0. The zero-order chi connectivity index (χ0) is 7.40. The first-order valence-corrected chi connectivity index (χ1v) is 2.95. The average Bonchev–Trinajstić information content (AvgIpc) is 2.04. The Hall–Kier alpha value is -1.31. The van der Waals surface area contributed by atoms with Gasteiger partial charge in [0.2, 0.25) is 0 Å². The topological polar surface area (TPSA) is 46.3 Å². The van der Waals surface area contributed by atoms with Crippen LogP contribution < -0.4 is 5.73 Å². The standard InChI is InChI=1S/C7H8N2O/c8-6-9-4-2-1-3-7(9)5-10/h1-4H,6,8H2. The molecular weight excluding hydrogens is 128 g/mol. The SMILES string of the molecule is NCN1C=CC=CC1=C=O. The van der Waals surface area contributed by atoms with E-state index < -0.39 is 0 Å². The number of nitrogens with zero attached hydrogens (tertiary/aromatic N) is 1. The van der Waals surface area contributed by atoms with E-state index in [9.17, 15) is 4.79 Å². The number of rotatable bonds is 1. The average molecular weight is 136 g/mol. The molecule has 10 heavy (non-hydrogen) atoms. The quantitative estimate of drug-likeness (QED) is 0.516. The minimum atomic E-state index is 0.311. The first-order chi connectivity index (χ1) is 4.88. The summed E-state index contributed by atoms with van der Waals surface area (Å²) in [6, 6.07) is 0. The third-order valence-corrected chi connectivity index (χ3v) is 1.24. The Kier molecular flexibility index (Phi) is 2.05. The molecule has 0 aromatic rings. The molecule has 0 aliphatic carbocycles. The van der Waals surface area contributed by atoms with Gasteiger partial charge >= 0.3 is 0 Å². The normalized spacial score (nSPS) is 15.7. The van der Waals surface area contributed by atoms with Crippen molar-refractivity contribution in [3.05, 3.63) is 30.1 Å². The van der Waals surface area contributed by atoms with Crippen molar-refractivity contribution in [3.63, 3.8) is 0 Å². The molecule has 3 heteroatoms. The van der Waals surface area contributed by atoms with Gasteiger partial charge in [0.15, 0.2) is 5.94 Å². The molecule has 0 fully saturated rings. The van der Waals surface area contributed by atoms with E-state index in [-0.39, 0.29) is 0 Å². The molecule has 3 nitrogen and oxygen atoms in total. The monoisotopic (exact) mass is 136 g/mol. The number of hydrogen-bond donors (Lipinski definition) is 1. The lowest BCUT2D eigenvalue weighted by molar-refractivity contribution is 0.485. The Morgan fingerprint density at radius 2 is 2.40 bits per heavy atom. The number of allylic oxidation sites excluding steroid dienone is 3. The summed E-state index contributed by atoms with van der Waals surface area (Å²) in [5.74, 6) is 1.78. The maximum Gasteiger partial charge on any atom is 0.150 e. The maximum absolute atomic E-state index is 10.2. The molecule has 1 aliphatic rings. The predicted molar refractivity (Wildman–Crippen MR) is 38.4 cm³/mol. The summed E-state index contributed by atoms with van der Waals surface area (Å²) in [5, 5.41) is 0. The highest BCUT2D eigenvalue weighted by molar-refractivity contribution is 5.58. The Morgan fingerprint density at radius 3 is 2.90 bits per heavy atom. The Morgan fingerprint density at radius 1 is 1.60 bits per heavy atom. The zero-order valence-corrected chi connectivity index (χ0v) is 5.45. The highest BCUT2D eigenvalue weighted by Gasteiger charge is 2.03. The van der Waals surface area contributed by atoms with E-state index in [0.29, 0.717) is 12.4 Å². The second-order valence-corrected chi connectivity index (χ2v) is 1.84. The summed E-state index contributed by atoms with van der Waals surface area (Å²) >= 11 is 0. The summed E-state index contributed by atoms with van der Waals surface area (Å²) in [4.78, 5) is 11.8. The first-order valence-electron chi connectivity index (χ1n) is 2.95.